The van der Waals surface area contributed by atoms with Crippen molar-refractivity contribution in [1.82, 2.24) is 52.3 Å². The maximum absolute atomic E-state index is 14.8. The Labute approximate surface area is 467 Å². The predicted octanol–water partition coefficient (Wildman–Crippen LogP) is 4.56. The molecule has 8 N–H and O–H groups in total. The van der Waals surface area contributed by atoms with Gasteiger partial charge in [0.2, 0.25) is 35.4 Å². The second kappa shape index (κ2) is 23.2. The zero-order valence-corrected chi connectivity index (χ0v) is 48.4. The van der Waals surface area contributed by atoms with Gasteiger partial charge in [-0.1, -0.05) is 101 Å². The summed E-state index contributed by atoms with van der Waals surface area (Å²) in [6.45, 7) is 12.1. The molecule has 4 saturated heterocycles. The lowest BCUT2D eigenvalue weighted by Gasteiger charge is -2.36. The molecule has 4 heterocycles. The Kier molecular flexibility index (Phi) is 17.2. The van der Waals surface area contributed by atoms with Gasteiger partial charge in [-0.3, -0.25) is 28.8 Å². The van der Waals surface area contributed by atoms with Crippen LogP contribution in [0.3, 0.4) is 0 Å². The van der Waals surface area contributed by atoms with Gasteiger partial charge in [-0.05, 0) is 137 Å². The standard InChI is InChI=1S/C56H78N10O6S4/c1-29(57-7)51(73)61-39-21-23-75-41-27-55(3,4)45(65(41)53(39)71)49(69)63-43-35-15-11-9-13-31(35)25-37(43)47(67)59-33-17-19-34(20-18-33)60-48(68)38-26-32-14-10-12-16-36(32)44(38)64-50(70)46-56(5,6)28-42-66(46)54(72)40(22-24-76-42)62-52(74)30(2)58-8/h9-16,29-30,33-34,37-46,57-58H,17-28H2,1-8H3,(H,59,67)(H,60,68)(H,61,73)(H,62,74)(H,63,69)(H,64,70)/t29-,30-,33?,34?,37+,38+,39-,40-,41-,42-,43-,44-,45+,46+/m0/s1. The molecule has 2 aromatic rings. The molecule has 5 fully saturated rings. The minimum absolute atomic E-state index is 0.115. The molecule has 9 rings (SSSR count). The summed E-state index contributed by atoms with van der Waals surface area (Å²) in [5.74, 6) is -0.650. The number of rotatable bonds is 14. The van der Waals surface area contributed by atoms with Gasteiger partial charge in [0.15, 0.2) is 0 Å². The first-order chi connectivity index (χ1) is 36.2. The van der Waals surface area contributed by atoms with Crippen LogP contribution in [0.2, 0.25) is 0 Å². The molecule has 0 bridgehead atoms. The Morgan fingerprint density at radius 3 is 1.29 bits per heavy atom. The summed E-state index contributed by atoms with van der Waals surface area (Å²) in [7, 11) is 3.65. The third-order valence-corrected chi connectivity index (χ3v) is 21.0. The van der Waals surface area contributed by atoms with E-state index in [4.69, 9.17) is 24.4 Å². The monoisotopic (exact) mass is 1110 g/mol. The fourth-order valence-corrected chi connectivity index (χ4v) is 16.7. The number of likely N-dealkylation sites (N-methyl/N-ethyl adjacent to an activating group) is 2. The molecular formula is C56H78N10O6S4. The van der Waals surface area contributed by atoms with Crippen LogP contribution in [0.4, 0.5) is 0 Å². The van der Waals surface area contributed by atoms with E-state index < -0.39 is 58.9 Å². The van der Waals surface area contributed by atoms with Crippen molar-refractivity contribution < 1.29 is 28.8 Å². The molecule has 0 unspecified atom stereocenters. The Balaban J connectivity index is 0.830. The van der Waals surface area contributed by atoms with Crippen LogP contribution >= 0.6 is 48.0 Å². The maximum atomic E-state index is 14.8. The Morgan fingerprint density at radius 1 is 0.553 bits per heavy atom. The van der Waals surface area contributed by atoms with Crippen LogP contribution in [-0.4, -0.2) is 140 Å². The summed E-state index contributed by atoms with van der Waals surface area (Å²) in [6, 6.07) is 11.6. The molecule has 7 aliphatic rings. The summed E-state index contributed by atoms with van der Waals surface area (Å²) in [4.78, 5) is 92.0. The number of benzene rings is 2. The van der Waals surface area contributed by atoms with E-state index in [0.29, 0.717) is 74.2 Å². The number of thioether (sulfide) groups is 2. The summed E-state index contributed by atoms with van der Waals surface area (Å²) < 4.78 is 0. The Hall–Kier alpha value is -4.34. The van der Waals surface area contributed by atoms with Crippen LogP contribution in [0.5, 0.6) is 0 Å². The lowest BCUT2D eigenvalue weighted by atomic mass is 9.83. The third-order valence-electron chi connectivity index (χ3n) is 17.5. The van der Waals surface area contributed by atoms with E-state index in [1.165, 1.54) is 0 Å². The quantitative estimate of drug-likeness (QED) is 0.122. The van der Waals surface area contributed by atoms with Gasteiger partial charge >= 0.3 is 0 Å². The minimum Gasteiger partial charge on any atom is -0.367 e. The summed E-state index contributed by atoms with van der Waals surface area (Å²) >= 11 is 14.7. The third kappa shape index (κ3) is 11.4. The van der Waals surface area contributed by atoms with Crippen molar-refractivity contribution in [2.45, 2.75) is 177 Å². The molecule has 1 saturated carbocycles. The van der Waals surface area contributed by atoms with Gasteiger partial charge in [-0.25, -0.2) is 0 Å². The van der Waals surface area contributed by atoms with Gasteiger partial charge in [0, 0.05) is 12.1 Å². The molecule has 20 heteroatoms. The van der Waals surface area contributed by atoms with E-state index in [-0.39, 0.29) is 70.4 Å². The summed E-state index contributed by atoms with van der Waals surface area (Å²) in [5.41, 5.74) is 2.80. The number of carbonyl (C=O) groups is 6. The average Bonchev–Trinajstić information content (AvgIpc) is 4.06. The molecule has 4 aliphatic heterocycles. The van der Waals surface area contributed by atoms with Crippen LogP contribution < -0.4 is 42.5 Å². The maximum Gasteiger partial charge on any atom is 0.246 e. The van der Waals surface area contributed by atoms with E-state index >= 15 is 0 Å². The number of amides is 6. The first-order valence-corrected chi connectivity index (χ1v) is 30.3. The Bertz CT molecular complexity index is 2420. The lowest BCUT2D eigenvalue weighted by molar-refractivity contribution is -0.143. The first kappa shape index (κ1) is 56.4. The van der Waals surface area contributed by atoms with Gasteiger partial charge in [-0.2, -0.15) is 0 Å². The number of nitrogens with zero attached hydrogens (tertiary/aromatic N) is 2. The van der Waals surface area contributed by atoms with Crippen molar-refractivity contribution in [3.63, 3.8) is 0 Å². The molecule has 0 spiro atoms. The van der Waals surface area contributed by atoms with E-state index in [0.717, 1.165) is 33.8 Å². The molecule has 3 aliphatic carbocycles. The molecule has 412 valence electrons. The number of carbonyl (C=O) groups excluding carboxylic acids is 6. The lowest BCUT2D eigenvalue weighted by Crippen LogP contribution is -2.58. The number of thiocarbonyl (C=S) groups is 2. The summed E-state index contributed by atoms with van der Waals surface area (Å²) in [5, 5.41) is 25.9. The first-order valence-electron chi connectivity index (χ1n) is 27.4. The topological polar surface area (TPSA) is 205 Å². The average molecular weight is 1120 g/mol. The van der Waals surface area contributed by atoms with Crippen LogP contribution in [0.1, 0.15) is 127 Å². The van der Waals surface area contributed by atoms with Crippen molar-refractivity contribution in [2.24, 2.45) is 22.7 Å². The van der Waals surface area contributed by atoms with Gasteiger partial charge in [0.1, 0.15) is 24.2 Å². The van der Waals surface area contributed by atoms with Crippen molar-refractivity contribution in [2.75, 3.05) is 25.6 Å². The fraction of sp³-hybridized carbons (Fsp3) is 0.643. The predicted molar refractivity (Wildman–Crippen MR) is 307 cm³/mol. The zero-order chi connectivity index (χ0) is 54.4. The van der Waals surface area contributed by atoms with Crippen LogP contribution in [0.25, 0.3) is 0 Å². The number of fused-ring (bicyclic) bond motifs is 4. The van der Waals surface area contributed by atoms with E-state index in [1.54, 1.807) is 33.3 Å². The second-order valence-corrected chi connectivity index (χ2v) is 27.1. The highest BCUT2D eigenvalue weighted by molar-refractivity contribution is 8.00. The molecule has 0 radical (unpaired) electrons. The van der Waals surface area contributed by atoms with Gasteiger partial charge < -0.3 is 52.3 Å². The second-order valence-electron chi connectivity index (χ2n) is 23.6. The van der Waals surface area contributed by atoms with Gasteiger partial charge in [-0.15, -0.1) is 23.5 Å². The highest BCUT2D eigenvalue weighted by Gasteiger charge is 2.57. The molecule has 12 atom stereocenters. The number of nitrogens with one attached hydrogen (secondary N) is 8. The minimum atomic E-state index is -0.744. The molecule has 6 amide bonds. The normalized spacial score (nSPS) is 32.0. The number of hydrogen-bond donors (Lipinski definition) is 8. The molecule has 0 aromatic heterocycles. The highest BCUT2D eigenvalue weighted by Crippen LogP contribution is 2.49. The van der Waals surface area contributed by atoms with Crippen molar-refractivity contribution in [3.05, 3.63) is 70.8 Å². The van der Waals surface area contributed by atoms with E-state index in [9.17, 15) is 28.8 Å². The fourth-order valence-electron chi connectivity index (χ4n) is 13.1. The van der Waals surface area contributed by atoms with Gasteiger partial charge in [0.05, 0.1) is 56.7 Å². The Morgan fingerprint density at radius 2 is 0.921 bits per heavy atom. The van der Waals surface area contributed by atoms with Crippen LogP contribution in [0.15, 0.2) is 48.5 Å². The molecular weight excluding hydrogens is 1040 g/mol. The smallest absolute Gasteiger partial charge is 0.246 e. The summed E-state index contributed by atoms with van der Waals surface area (Å²) in [6.07, 6.45) is 6.09. The van der Waals surface area contributed by atoms with Crippen molar-refractivity contribution in [1.29, 1.82) is 0 Å². The SMILES string of the molecule is CN[C@@H](C)C(=S)N[C@H]1CCS[C@H]2CC(C)(C)[C@@H](C(=O)N[C@H]3c4ccccc4C[C@H]3C(=O)NC3CCC(NC(=O)[C@@H]4Cc5ccccc5[C@@H]4NC(=O)[C@H]4N5C(=O)[C@@H](NC(=S)[C@H](C)NC)CCS[C@H]5CC4(C)C)CC3)N2C1=O. The highest BCUT2D eigenvalue weighted by atomic mass is 32.2. The molecule has 16 nitrogen and oxygen atoms in total. The van der Waals surface area contributed by atoms with E-state index in [1.807, 2.05) is 104 Å². The molecule has 2 aromatic carbocycles. The van der Waals surface area contributed by atoms with Gasteiger partial charge in [0.25, 0.3) is 0 Å². The van der Waals surface area contributed by atoms with Crippen molar-refractivity contribution in [3.8, 4) is 0 Å². The molecule has 76 heavy (non-hydrogen) atoms. The van der Waals surface area contributed by atoms with E-state index in [2.05, 4.69) is 42.5 Å². The number of hydrogen-bond acceptors (Lipinski definition) is 12. The zero-order valence-electron chi connectivity index (χ0n) is 45.2. The van der Waals surface area contributed by atoms with Crippen LogP contribution in [-0.2, 0) is 41.6 Å². The van der Waals surface area contributed by atoms with Crippen LogP contribution in [0, 0.1) is 22.7 Å². The van der Waals surface area contributed by atoms with Crippen molar-refractivity contribution >= 4 is 93.4 Å². The largest absolute Gasteiger partial charge is 0.367 e.